The van der Waals surface area contributed by atoms with Crippen molar-refractivity contribution < 1.29 is 10.0 Å². The van der Waals surface area contributed by atoms with Gasteiger partial charge in [-0.2, -0.15) is 0 Å². The smallest absolute Gasteiger partial charge is 0.423 e. The Kier molecular flexibility index (Phi) is 3.94. The largest absolute Gasteiger partial charge is 0.488 e. The molecule has 0 radical (unpaired) electrons. The van der Waals surface area contributed by atoms with Gasteiger partial charge in [0.05, 0.1) is 0 Å². The minimum absolute atomic E-state index is 0.185. The van der Waals surface area contributed by atoms with Crippen molar-refractivity contribution in [2.45, 2.75) is 33.6 Å². The second-order valence-electron chi connectivity index (χ2n) is 5.24. The Labute approximate surface area is 95.5 Å². The van der Waals surface area contributed by atoms with Crippen LogP contribution in [0.2, 0.25) is 0 Å². The van der Waals surface area contributed by atoms with Crippen molar-refractivity contribution in [2.75, 3.05) is 0 Å². The van der Waals surface area contributed by atoms with Crippen LogP contribution in [-0.4, -0.2) is 22.2 Å². The maximum atomic E-state index is 11.3. The first kappa shape index (κ1) is 13.0. The minimum atomic E-state index is -1.59. The van der Waals surface area contributed by atoms with Crippen LogP contribution in [-0.2, 0) is 6.42 Å². The molecular formula is C11H18BNO3. The highest BCUT2D eigenvalue weighted by atomic mass is 16.4. The van der Waals surface area contributed by atoms with Crippen molar-refractivity contribution in [3.63, 3.8) is 0 Å². The molecule has 0 amide bonds. The van der Waals surface area contributed by atoms with Crippen LogP contribution in [0.5, 0.6) is 0 Å². The average molecular weight is 223 g/mol. The molecule has 0 atom stereocenters. The minimum Gasteiger partial charge on any atom is -0.423 e. The molecule has 0 aromatic carbocycles. The third kappa shape index (κ3) is 4.20. The zero-order valence-electron chi connectivity index (χ0n) is 9.95. The first-order valence-corrected chi connectivity index (χ1v) is 5.37. The average Bonchev–Trinajstić information content (AvgIpc) is 2.13. The lowest BCUT2D eigenvalue weighted by Crippen LogP contribution is -2.34. The molecule has 0 unspecified atom stereocenters. The molecule has 0 aliphatic carbocycles. The van der Waals surface area contributed by atoms with Crippen LogP contribution < -0.4 is 11.0 Å². The van der Waals surface area contributed by atoms with E-state index in [-0.39, 0.29) is 16.4 Å². The fourth-order valence-electron chi connectivity index (χ4n) is 1.42. The second-order valence-corrected chi connectivity index (χ2v) is 5.24. The summed E-state index contributed by atoms with van der Waals surface area (Å²) < 4.78 is 0. The number of pyridine rings is 1. The second kappa shape index (κ2) is 4.85. The summed E-state index contributed by atoms with van der Waals surface area (Å²) in [6.45, 7) is 6.36. The Morgan fingerprint density at radius 1 is 1.31 bits per heavy atom. The van der Waals surface area contributed by atoms with Gasteiger partial charge in [0.1, 0.15) is 0 Å². The molecule has 0 fully saturated rings. The molecule has 1 heterocycles. The van der Waals surface area contributed by atoms with Crippen molar-refractivity contribution in [3.05, 3.63) is 28.2 Å². The van der Waals surface area contributed by atoms with Crippen LogP contribution in [0, 0.1) is 5.41 Å². The predicted molar refractivity (Wildman–Crippen MR) is 64.7 cm³/mol. The third-order valence-electron chi connectivity index (χ3n) is 2.36. The topological polar surface area (TPSA) is 73.3 Å². The maximum Gasteiger partial charge on any atom is 0.488 e. The lowest BCUT2D eigenvalue weighted by atomic mass is 9.80. The van der Waals surface area contributed by atoms with Crippen LogP contribution in [0.4, 0.5) is 0 Å². The molecule has 88 valence electrons. The Hall–Kier alpha value is -1.07. The molecule has 1 rings (SSSR count). The summed E-state index contributed by atoms with van der Waals surface area (Å²) in [6, 6.07) is 2.82. The monoisotopic (exact) mass is 223 g/mol. The van der Waals surface area contributed by atoms with E-state index in [1.54, 1.807) is 6.07 Å². The zero-order valence-corrected chi connectivity index (χ0v) is 9.95. The Morgan fingerprint density at radius 3 is 2.44 bits per heavy atom. The molecule has 0 bridgehead atoms. The fourth-order valence-corrected chi connectivity index (χ4v) is 1.42. The normalized spacial score (nSPS) is 11.6. The number of aromatic nitrogens is 1. The van der Waals surface area contributed by atoms with E-state index in [1.807, 2.05) is 0 Å². The van der Waals surface area contributed by atoms with Gasteiger partial charge >= 0.3 is 7.12 Å². The highest BCUT2D eigenvalue weighted by Crippen LogP contribution is 2.20. The van der Waals surface area contributed by atoms with Crippen LogP contribution in [0.3, 0.4) is 0 Å². The molecule has 0 saturated carbocycles. The summed E-state index contributed by atoms with van der Waals surface area (Å²) in [7, 11) is -1.59. The first-order valence-electron chi connectivity index (χ1n) is 5.37. The van der Waals surface area contributed by atoms with E-state index in [4.69, 9.17) is 10.0 Å². The summed E-state index contributed by atoms with van der Waals surface area (Å²) in [6.07, 6.45) is 1.65. The molecule has 0 aliphatic heterocycles. The summed E-state index contributed by atoms with van der Waals surface area (Å²) >= 11 is 0. The van der Waals surface area contributed by atoms with E-state index in [0.717, 1.165) is 18.5 Å². The number of hydrogen-bond acceptors (Lipinski definition) is 3. The number of aryl methyl sites for hydroxylation is 1. The van der Waals surface area contributed by atoms with Crippen LogP contribution in [0.25, 0.3) is 0 Å². The SMILES string of the molecule is CC(C)(C)CCc1cc(B(O)O)cc(=O)[nH]1. The highest BCUT2D eigenvalue weighted by Gasteiger charge is 2.14. The van der Waals surface area contributed by atoms with Gasteiger partial charge in [-0.3, -0.25) is 4.79 Å². The van der Waals surface area contributed by atoms with Gasteiger partial charge in [-0.05, 0) is 29.8 Å². The molecule has 0 spiro atoms. The molecule has 0 saturated heterocycles. The first-order chi connectivity index (χ1) is 7.28. The summed E-state index contributed by atoms with van der Waals surface area (Å²) in [5.74, 6) is 0. The zero-order chi connectivity index (χ0) is 12.3. The van der Waals surface area contributed by atoms with E-state index >= 15 is 0 Å². The molecule has 0 aliphatic rings. The highest BCUT2D eigenvalue weighted by molar-refractivity contribution is 6.58. The fraction of sp³-hybridized carbons (Fsp3) is 0.545. The molecule has 16 heavy (non-hydrogen) atoms. The number of nitrogens with one attached hydrogen (secondary N) is 1. The lowest BCUT2D eigenvalue weighted by Gasteiger charge is -2.17. The molecule has 4 nitrogen and oxygen atoms in total. The van der Waals surface area contributed by atoms with Gasteiger partial charge in [-0.1, -0.05) is 20.8 Å². The summed E-state index contributed by atoms with van der Waals surface area (Å²) in [4.78, 5) is 14.0. The van der Waals surface area contributed by atoms with Gasteiger partial charge in [0.25, 0.3) is 0 Å². The number of aromatic amines is 1. The van der Waals surface area contributed by atoms with Gasteiger partial charge in [0.2, 0.25) is 5.56 Å². The number of hydrogen-bond donors (Lipinski definition) is 3. The van der Waals surface area contributed by atoms with Crippen LogP contribution in [0.15, 0.2) is 16.9 Å². The van der Waals surface area contributed by atoms with Crippen molar-refractivity contribution in [3.8, 4) is 0 Å². The van der Waals surface area contributed by atoms with Crippen molar-refractivity contribution in [1.82, 2.24) is 4.98 Å². The van der Waals surface area contributed by atoms with Crippen LogP contribution >= 0.6 is 0 Å². The van der Waals surface area contributed by atoms with Crippen molar-refractivity contribution in [2.24, 2.45) is 5.41 Å². The van der Waals surface area contributed by atoms with E-state index < -0.39 is 7.12 Å². The number of H-pyrrole nitrogens is 1. The van der Waals surface area contributed by atoms with Crippen molar-refractivity contribution in [1.29, 1.82) is 0 Å². The van der Waals surface area contributed by atoms with Gasteiger partial charge in [-0.25, -0.2) is 0 Å². The Morgan fingerprint density at radius 2 is 1.94 bits per heavy atom. The van der Waals surface area contributed by atoms with E-state index in [1.165, 1.54) is 6.07 Å². The van der Waals surface area contributed by atoms with E-state index in [9.17, 15) is 4.79 Å². The van der Waals surface area contributed by atoms with Gasteiger partial charge in [-0.15, -0.1) is 0 Å². The lowest BCUT2D eigenvalue weighted by molar-refractivity contribution is 0.376. The van der Waals surface area contributed by atoms with Crippen molar-refractivity contribution >= 4 is 12.6 Å². The maximum absolute atomic E-state index is 11.3. The molecular weight excluding hydrogens is 205 g/mol. The predicted octanol–water partition coefficient (Wildman–Crippen LogP) is 0.0334. The Bertz CT molecular complexity index is 406. The molecule has 1 aromatic heterocycles. The summed E-state index contributed by atoms with van der Waals surface area (Å²) in [5.41, 5.74) is 0.873. The third-order valence-corrected chi connectivity index (χ3v) is 2.36. The molecule has 1 aromatic rings. The van der Waals surface area contributed by atoms with E-state index in [0.29, 0.717) is 0 Å². The molecule has 3 N–H and O–H groups in total. The number of rotatable bonds is 3. The quantitative estimate of drug-likeness (QED) is 0.633. The van der Waals surface area contributed by atoms with Crippen LogP contribution in [0.1, 0.15) is 32.9 Å². The van der Waals surface area contributed by atoms with Gasteiger partial charge < -0.3 is 15.0 Å². The van der Waals surface area contributed by atoms with Gasteiger partial charge in [0, 0.05) is 11.8 Å². The van der Waals surface area contributed by atoms with E-state index in [2.05, 4.69) is 25.8 Å². The molecule has 5 heteroatoms. The Balaban J connectivity index is 2.85. The van der Waals surface area contributed by atoms with Gasteiger partial charge in [0.15, 0.2) is 0 Å². The summed E-state index contributed by atoms with van der Waals surface area (Å²) in [5, 5.41) is 18.0. The standard InChI is InChI=1S/C11H18BNO3/c1-11(2,3)5-4-9-6-8(12(15)16)7-10(14)13-9/h6-7,15-16H,4-5H2,1-3H3,(H,13,14).